The second-order valence-corrected chi connectivity index (χ2v) is 9.51. The van der Waals surface area contributed by atoms with Crippen LogP contribution < -0.4 is 5.56 Å². The number of halogens is 1. The number of aliphatic hydroxyl groups is 1. The summed E-state index contributed by atoms with van der Waals surface area (Å²) in [6.07, 6.45) is 4.98. The van der Waals surface area contributed by atoms with E-state index in [1.807, 2.05) is 49.4 Å². The summed E-state index contributed by atoms with van der Waals surface area (Å²) in [5.41, 5.74) is 4.03. The molecule has 0 bridgehead atoms. The second-order valence-electron chi connectivity index (χ2n) is 9.51. The predicted octanol–water partition coefficient (Wildman–Crippen LogP) is 4.37. The summed E-state index contributed by atoms with van der Waals surface area (Å²) >= 11 is 0. The van der Waals surface area contributed by atoms with Gasteiger partial charge in [0.1, 0.15) is 0 Å². The van der Waals surface area contributed by atoms with Crippen molar-refractivity contribution in [1.29, 1.82) is 0 Å². The first-order valence-corrected chi connectivity index (χ1v) is 12.2. The van der Waals surface area contributed by atoms with Crippen molar-refractivity contribution in [3.05, 3.63) is 100 Å². The van der Waals surface area contributed by atoms with Crippen LogP contribution >= 0.6 is 0 Å². The number of pyridine rings is 2. The Morgan fingerprint density at radius 3 is 2.76 bits per heavy atom. The molecular formula is C29H25FN4O3. The van der Waals surface area contributed by atoms with Gasteiger partial charge in [-0.05, 0) is 66.1 Å². The monoisotopic (exact) mass is 496 g/mol. The predicted molar refractivity (Wildman–Crippen MR) is 139 cm³/mol. The Hall–Kier alpha value is -4.01. The Balaban J connectivity index is 1.47. The molecule has 5 aromatic rings. The lowest BCUT2D eigenvalue weighted by Crippen LogP contribution is -2.39. The van der Waals surface area contributed by atoms with Crippen molar-refractivity contribution in [2.45, 2.75) is 31.9 Å². The van der Waals surface area contributed by atoms with Crippen molar-refractivity contribution in [2.24, 2.45) is 0 Å². The van der Waals surface area contributed by atoms with Crippen LogP contribution in [0, 0.1) is 12.9 Å². The molecule has 2 aromatic carbocycles. The van der Waals surface area contributed by atoms with Crippen LogP contribution in [0.1, 0.15) is 29.2 Å². The van der Waals surface area contributed by atoms with Crippen molar-refractivity contribution >= 4 is 21.7 Å². The molecule has 1 aliphatic rings. The molecule has 0 radical (unpaired) electrons. The molecule has 0 amide bonds. The summed E-state index contributed by atoms with van der Waals surface area (Å²) in [7, 11) is 0. The Labute approximate surface area is 212 Å². The van der Waals surface area contributed by atoms with E-state index in [-0.39, 0.29) is 18.2 Å². The van der Waals surface area contributed by atoms with E-state index in [4.69, 9.17) is 4.74 Å². The van der Waals surface area contributed by atoms with E-state index in [9.17, 15) is 14.3 Å². The molecule has 6 rings (SSSR count). The molecular weight excluding hydrogens is 471 g/mol. The number of ether oxygens (including phenoxy) is 1. The van der Waals surface area contributed by atoms with E-state index >= 15 is 0 Å². The summed E-state index contributed by atoms with van der Waals surface area (Å²) in [6.45, 7) is 2.54. The summed E-state index contributed by atoms with van der Waals surface area (Å²) in [5.74, 6) is -0.562. The van der Waals surface area contributed by atoms with Crippen molar-refractivity contribution in [3.63, 3.8) is 0 Å². The Bertz CT molecular complexity index is 1700. The zero-order valence-electron chi connectivity index (χ0n) is 20.3. The lowest BCUT2D eigenvalue weighted by atomic mass is 9.95. The number of hydrogen-bond donors (Lipinski definition) is 1. The average molecular weight is 497 g/mol. The third-order valence-corrected chi connectivity index (χ3v) is 7.00. The van der Waals surface area contributed by atoms with Crippen LogP contribution in [0.5, 0.6) is 0 Å². The van der Waals surface area contributed by atoms with Gasteiger partial charge in [-0.3, -0.25) is 14.3 Å². The third kappa shape index (κ3) is 4.28. The van der Waals surface area contributed by atoms with Gasteiger partial charge in [0.25, 0.3) is 5.56 Å². The molecule has 7 nitrogen and oxygen atoms in total. The van der Waals surface area contributed by atoms with Crippen LogP contribution in [0.2, 0.25) is 0 Å². The Morgan fingerprint density at radius 1 is 1.08 bits per heavy atom. The van der Waals surface area contributed by atoms with Gasteiger partial charge in [0.15, 0.2) is 0 Å². The van der Waals surface area contributed by atoms with Crippen LogP contribution in [0.4, 0.5) is 4.39 Å². The minimum atomic E-state index is -0.766. The molecule has 4 heterocycles. The summed E-state index contributed by atoms with van der Waals surface area (Å²) in [5, 5.41) is 12.8. The molecule has 37 heavy (non-hydrogen) atoms. The maximum absolute atomic E-state index is 14.4. The molecule has 0 unspecified atom stereocenters. The highest BCUT2D eigenvalue weighted by Crippen LogP contribution is 2.30. The number of aliphatic hydroxyl groups excluding tert-OH is 1. The normalized spacial score (nSPS) is 17.9. The number of benzene rings is 2. The molecule has 8 heteroatoms. The summed E-state index contributed by atoms with van der Waals surface area (Å²) in [6, 6.07) is 14.9. The first-order chi connectivity index (χ1) is 18.0. The first kappa shape index (κ1) is 23.4. The van der Waals surface area contributed by atoms with Gasteiger partial charge in [0.05, 0.1) is 47.2 Å². The fourth-order valence-electron chi connectivity index (χ4n) is 5.15. The second kappa shape index (κ2) is 9.46. The van der Waals surface area contributed by atoms with Gasteiger partial charge in [0, 0.05) is 24.4 Å². The van der Waals surface area contributed by atoms with Crippen LogP contribution in [0.3, 0.4) is 0 Å². The minimum absolute atomic E-state index is 0.189. The van der Waals surface area contributed by atoms with E-state index in [1.165, 1.54) is 17.1 Å². The standard InChI is InChI=1S/C29H25FN4O3/c1-17-10-22(28(30)32-14-17)24-12-18(6-8-31-24)11-19-13-23-27(21-5-3-2-4-20(19)21)33-16-34(29(23)36)25-7-9-37-15-26(25)35/h2-6,8,10,12-14,16,25-26,35H,7,9,11,15H2,1H3/t25-,26-/m0/s1. The fourth-order valence-corrected chi connectivity index (χ4v) is 5.15. The highest BCUT2D eigenvalue weighted by atomic mass is 19.1. The minimum Gasteiger partial charge on any atom is -0.389 e. The van der Waals surface area contributed by atoms with E-state index in [1.54, 1.807) is 12.3 Å². The molecule has 1 aliphatic heterocycles. The van der Waals surface area contributed by atoms with Gasteiger partial charge >= 0.3 is 0 Å². The Kier molecular flexibility index (Phi) is 5.98. The average Bonchev–Trinajstić information content (AvgIpc) is 2.91. The molecule has 3 aromatic heterocycles. The van der Waals surface area contributed by atoms with E-state index in [0.29, 0.717) is 41.6 Å². The summed E-state index contributed by atoms with van der Waals surface area (Å²) in [4.78, 5) is 26.5. The molecule has 0 spiro atoms. The van der Waals surface area contributed by atoms with Gasteiger partial charge in [-0.25, -0.2) is 9.97 Å². The molecule has 0 aliphatic carbocycles. The first-order valence-electron chi connectivity index (χ1n) is 12.2. The van der Waals surface area contributed by atoms with E-state index in [2.05, 4.69) is 15.0 Å². The molecule has 186 valence electrons. The van der Waals surface area contributed by atoms with E-state index < -0.39 is 12.1 Å². The number of nitrogens with zero attached hydrogens (tertiary/aromatic N) is 4. The smallest absolute Gasteiger partial charge is 0.261 e. The van der Waals surface area contributed by atoms with Crippen molar-refractivity contribution in [2.75, 3.05) is 13.2 Å². The molecule has 1 fully saturated rings. The number of rotatable bonds is 4. The zero-order chi connectivity index (χ0) is 25.5. The molecule has 0 saturated carbocycles. The van der Waals surface area contributed by atoms with Crippen molar-refractivity contribution in [3.8, 4) is 11.3 Å². The Morgan fingerprint density at radius 2 is 1.92 bits per heavy atom. The number of fused-ring (bicyclic) bond motifs is 3. The van der Waals surface area contributed by atoms with Crippen molar-refractivity contribution in [1.82, 2.24) is 19.5 Å². The lowest BCUT2D eigenvalue weighted by molar-refractivity contribution is -0.0395. The van der Waals surface area contributed by atoms with Crippen LogP contribution in [-0.2, 0) is 11.2 Å². The summed E-state index contributed by atoms with van der Waals surface area (Å²) < 4.78 is 21.3. The molecule has 2 atom stereocenters. The van der Waals surface area contributed by atoms with Gasteiger partial charge in [0.2, 0.25) is 5.95 Å². The lowest BCUT2D eigenvalue weighted by Gasteiger charge is -2.29. The topological polar surface area (TPSA) is 90.1 Å². The maximum Gasteiger partial charge on any atom is 0.261 e. The van der Waals surface area contributed by atoms with Crippen LogP contribution in [-0.4, -0.2) is 43.9 Å². The van der Waals surface area contributed by atoms with E-state index in [0.717, 1.165) is 27.5 Å². The third-order valence-electron chi connectivity index (χ3n) is 7.00. The molecule has 1 N–H and O–H groups in total. The molecule has 1 saturated heterocycles. The fraction of sp³-hybridized carbons (Fsp3) is 0.241. The number of hydrogen-bond acceptors (Lipinski definition) is 6. The van der Waals surface area contributed by atoms with Gasteiger partial charge in [-0.15, -0.1) is 0 Å². The van der Waals surface area contributed by atoms with Gasteiger partial charge in [-0.2, -0.15) is 4.39 Å². The number of aryl methyl sites for hydroxylation is 1. The van der Waals surface area contributed by atoms with Gasteiger partial charge < -0.3 is 9.84 Å². The van der Waals surface area contributed by atoms with Crippen LogP contribution in [0.15, 0.2) is 72.0 Å². The highest BCUT2D eigenvalue weighted by molar-refractivity contribution is 6.06. The van der Waals surface area contributed by atoms with Crippen LogP contribution in [0.25, 0.3) is 32.9 Å². The largest absolute Gasteiger partial charge is 0.389 e. The zero-order valence-corrected chi connectivity index (χ0v) is 20.3. The maximum atomic E-state index is 14.4. The van der Waals surface area contributed by atoms with Gasteiger partial charge in [-0.1, -0.05) is 24.3 Å². The highest BCUT2D eigenvalue weighted by Gasteiger charge is 2.27. The quantitative estimate of drug-likeness (QED) is 0.294. The SMILES string of the molecule is Cc1cnc(F)c(-c2cc(Cc3cc4c(=O)n([C@H]5CCOC[C@@H]5O)cnc4c4ccccc34)ccn2)c1. The number of aromatic nitrogens is 4. The van der Waals surface area contributed by atoms with Crippen molar-refractivity contribution < 1.29 is 14.2 Å².